The SMILES string of the molecule is O=[N+]([O-])c1ccccc1OCc1nc2ccccc2[nH]1. The van der Waals surface area contributed by atoms with Crippen LogP contribution in [0.25, 0.3) is 11.0 Å². The van der Waals surface area contributed by atoms with E-state index in [-0.39, 0.29) is 18.0 Å². The molecule has 0 spiro atoms. The van der Waals surface area contributed by atoms with Gasteiger partial charge in [-0.15, -0.1) is 0 Å². The monoisotopic (exact) mass is 269 g/mol. The van der Waals surface area contributed by atoms with E-state index in [4.69, 9.17) is 4.74 Å². The average molecular weight is 269 g/mol. The van der Waals surface area contributed by atoms with Crippen molar-refractivity contribution < 1.29 is 9.66 Å². The van der Waals surface area contributed by atoms with Gasteiger partial charge in [-0.3, -0.25) is 10.1 Å². The third-order valence-electron chi connectivity index (χ3n) is 2.86. The van der Waals surface area contributed by atoms with Crippen LogP contribution in [0, 0.1) is 10.1 Å². The molecule has 1 heterocycles. The van der Waals surface area contributed by atoms with Gasteiger partial charge >= 0.3 is 5.69 Å². The number of nitrogens with one attached hydrogen (secondary N) is 1. The first-order chi connectivity index (χ1) is 9.74. The molecule has 2 aromatic carbocycles. The Labute approximate surface area is 114 Å². The maximum atomic E-state index is 10.9. The van der Waals surface area contributed by atoms with E-state index < -0.39 is 4.92 Å². The molecule has 0 amide bonds. The van der Waals surface area contributed by atoms with Crippen molar-refractivity contribution in [3.8, 4) is 5.75 Å². The molecule has 0 radical (unpaired) electrons. The minimum Gasteiger partial charge on any atom is -0.479 e. The first kappa shape index (κ1) is 12.2. The molecule has 6 nitrogen and oxygen atoms in total. The number of fused-ring (bicyclic) bond motifs is 1. The van der Waals surface area contributed by atoms with E-state index in [2.05, 4.69) is 9.97 Å². The zero-order valence-electron chi connectivity index (χ0n) is 10.4. The van der Waals surface area contributed by atoms with Gasteiger partial charge < -0.3 is 9.72 Å². The van der Waals surface area contributed by atoms with Gasteiger partial charge in [0, 0.05) is 6.07 Å². The van der Waals surface area contributed by atoms with E-state index in [1.54, 1.807) is 18.2 Å². The van der Waals surface area contributed by atoms with Crippen LogP contribution in [0.3, 0.4) is 0 Å². The van der Waals surface area contributed by atoms with Crippen LogP contribution in [0.1, 0.15) is 5.82 Å². The second kappa shape index (κ2) is 5.00. The lowest BCUT2D eigenvalue weighted by atomic mass is 10.3. The molecule has 0 fully saturated rings. The first-order valence-electron chi connectivity index (χ1n) is 6.04. The number of nitro groups is 1. The molecule has 0 saturated carbocycles. The quantitative estimate of drug-likeness (QED) is 0.583. The number of benzene rings is 2. The lowest BCUT2D eigenvalue weighted by Gasteiger charge is -2.04. The largest absolute Gasteiger partial charge is 0.479 e. The van der Waals surface area contributed by atoms with Crippen LogP contribution in [-0.2, 0) is 6.61 Å². The van der Waals surface area contributed by atoms with Crippen LogP contribution in [0.2, 0.25) is 0 Å². The first-order valence-corrected chi connectivity index (χ1v) is 6.04. The Morgan fingerprint density at radius 3 is 2.70 bits per heavy atom. The van der Waals surface area contributed by atoms with Crippen molar-refractivity contribution >= 4 is 16.7 Å². The molecule has 3 aromatic rings. The van der Waals surface area contributed by atoms with Crippen LogP contribution >= 0.6 is 0 Å². The van der Waals surface area contributed by atoms with Crippen molar-refractivity contribution in [3.05, 3.63) is 64.5 Å². The van der Waals surface area contributed by atoms with E-state index in [1.807, 2.05) is 24.3 Å². The molecule has 1 aromatic heterocycles. The van der Waals surface area contributed by atoms with Crippen LogP contribution < -0.4 is 4.74 Å². The lowest BCUT2D eigenvalue weighted by Crippen LogP contribution is -2.00. The number of H-pyrrole nitrogens is 1. The molecule has 20 heavy (non-hydrogen) atoms. The van der Waals surface area contributed by atoms with E-state index in [0.29, 0.717) is 5.82 Å². The van der Waals surface area contributed by atoms with Crippen molar-refractivity contribution in [2.75, 3.05) is 0 Å². The van der Waals surface area contributed by atoms with Gasteiger partial charge in [0.05, 0.1) is 16.0 Å². The van der Waals surface area contributed by atoms with Gasteiger partial charge in [0.2, 0.25) is 0 Å². The molecule has 0 aliphatic carbocycles. The number of para-hydroxylation sites is 4. The van der Waals surface area contributed by atoms with Gasteiger partial charge in [-0.25, -0.2) is 4.98 Å². The topological polar surface area (TPSA) is 81.1 Å². The third-order valence-corrected chi connectivity index (χ3v) is 2.86. The minimum atomic E-state index is -0.464. The second-order valence-corrected chi connectivity index (χ2v) is 4.21. The number of nitrogens with zero attached hydrogens (tertiary/aromatic N) is 2. The molecule has 6 heteroatoms. The number of hydrogen-bond acceptors (Lipinski definition) is 4. The molecule has 1 N–H and O–H groups in total. The van der Waals surface area contributed by atoms with Gasteiger partial charge in [-0.05, 0) is 18.2 Å². The van der Waals surface area contributed by atoms with Crippen LogP contribution in [-0.4, -0.2) is 14.9 Å². The molecule has 0 saturated heterocycles. The van der Waals surface area contributed by atoms with Gasteiger partial charge in [-0.2, -0.15) is 0 Å². The standard InChI is InChI=1S/C14H11N3O3/c18-17(19)12-7-3-4-8-13(12)20-9-14-15-10-5-1-2-6-11(10)16-14/h1-8H,9H2,(H,15,16). The summed E-state index contributed by atoms with van der Waals surface area (Å²) >= 11 is 0. The number of imidazole rings is 1. The zero-order chi connectivity index (χ0) is 13.9. The molecular formula is C14H11N3O3. The van der Waals surface area contributed by atoms with E-state index in [1.165, 1.54) is 6.07 Å². The lowest BCUT2D eigenvalue weighted by molar-refractivity contribution is -0.385. The summed E-state index contributed by atoms with van der Waals surface area (Å²) in [6, 6.07) is 13.9. The Morgan fingerprint density at radius 2 is 1.90 bits per heavy atom. The highest BCUT2D eigenvalue weighted by Gasteiger charge is 2.14. The number of ether oxygens (including phenoxy) is 1. The fraction of sp³-hybridized carbons (Fsp3) is 0.0714. The Balaban J connectivity index is 1.81. The average Bonchev–Trinajstić information content (AvgIpc) is 2.88. The molecule has 0 atom stereocenters. The van der Waals surface area contributed by atoms with Crippen LogP contribution in [0.4, 0.5) is 5.69 Å². The molecule has 0 aliphatic rings. The summed E-state index contributed by atoms with van der Waals surface area (Å²) in [6.07, 6.45) is 0. The van der Waals surface area contributed by atoms with Crippen molar-refractivity contribution in [1.29, 1.82) is 0 Å². The summed E-state index contributed by atoms with van der Waals surface area (Å²) in [4.78, 5) is 17.9. The molecule has 0 bridgehead atoms. The van der Waals surface area contributed by atoms with Crippen molar-refractivity contribution in [3.63, 3.8) is 0 Å². The fourth-order valence-corrected chi connectivity index (χ4v) is 1.95. The Hall–Kier alpha value is -2.89. The maximum Gasteiger partial charge on any atom is 0.310 e. The highest BCUT2D eigenvalue weighted by atomic mass is 16.6. The summed E-state index contributed by atoms with van der Waals surface area (Å²) in [5.41, 5.74) is 1.70. The Morgan fingerprint density at radius 1 is 1.15 bits per heavy atom. The predicted octanol–water partition coefficient (Wildman–Crippen LogP) is 3.05. The Bertz CT molecular complexity index is 734. The summed E-state index contributed by atoms with van der Waals surface area (Å²) in [7, 11) is 0. The number of rotatable bonds is 4. The third kappa shape index (κ3) is 2.31. The minimum absolute atomic E-state index is 0.0522. The van der Waals surface area contributed by atoms with Gasteiger partial charge in [0.1, 0.15) is 12.4 Å². The zero-order valence-corrected chi connectivity index (χ0v) is 10.4. The van der Waals surface area contributed by atoms with E-state index in [9.17, 15) is 10.1 Å². The number of nitro benzene ring substituents is 1. The molecular weight excluding hydrogens is 258 g/mol. The smallest absolute Gasteiger partial charge is 0.310 e. The summed E-state index contributed by atoms with van der Waals surface area (Å²) in [5, 5.41) is 10.9. The van der Waals surface area contributed by atoms with Crippen molar-refractivity contribution in [2.24, 2.45) is 0 Å². The van der Waals surface area contributed by atoms with Gasteiger partial charge in [0.25, 0.3) is 0 Å². The summed E-state index contributed by atoms with van der Waals surface area (Å²) in [5.74, 6) is 0.863. The number of aromatic amines is 1. The van der Waals surface area contributed by atoms with Crippen molar-refractivity contribution in [1.82, 2.24) is 9.97 Å². The summed E-state index contributed by atoms with van der Waals surface area (Å²) < 4.78 is 5.48. The molecule has 3 rings (SSSR count). The van der Waals surface area contributed by atoms with Crippen LogP contribution in [0.15, 0.2) is 48.5 Å². The number of aromatic nitrogens is 2. The molecule has 0 unspecified atom stereocenters. The highest BCUT2D eigenvalue weighted by molar-refractivity contribution is 5.74. The van der Waals surface area contributed by atoms with E-state index in [0.717, 1.165) is 11.0 Å². The van der Waals surface area contributed by atoms with Crippen molar-refractivity contribution in [2.45, 2.75) is 6.61 Å². The van der Waals surface area contributed by atoms with Crippen LogP contribution in [0.5, 0.6) is 5.75 Å². The predicted molar refractivity (Wildman–Crippen MR) is 73.5 cm³/mol. The Kier molecular flexibility index (Phi) is 3.04. The number of hydrogen-bond donors (Lipinski definition) is 1. The molecule has 0 aliphatic heterocycles. The molecule has 100 valence electrons. The summed E-state index contributed by atoms with van der Waals surface area (Å²) in [6.45, 7) is 0.152. The fourth-order valence-electron chi connectivity index (χ4n) is 1.95. The van der Waals surface area contributed by atoms with Gasteiger partial charge in [0.15, 0.2) is 5.75 Å². The normalized spacial score (nSPS) is 10.6. The maximum absolute atomic E-state index is 10.9. The van der Waals surface area contributed by atoms with E-state index >= 15 is 0 Å². The second-order valence-electron chi connectivity index (χ2n) is 4.21. The van der Waals surface area contributed by atoms with Gasteiger partial charge in [-0.1, -0.05) is 24.3 Å². The highest BCUT2D eigenvalue weighted by Crippen LogP contribution is 2.26.